The monoisotopic (exact) mass is 516 g/mol. The number of aromatic nitrogens is 1. The van der Waals surface area contributed by atoms with E-state index < -0.39 is 0 Å². The highest BCUT2D eigenvalue weighted by molar-refractivity contribution is 9.10. The normalized spacial score (nSPS) is 15.2. The van der Waals surface area contributed by atoms with Crippen LogP contribution in [0.4, 0.5) is 4.79 Å². The lowest BCUT2D eigenvalue weighted by molar-refractivity contribution is -0.123. The average Bonchev–Trinajstić information content (AvgIpc) is 3.29. The van der Waals surface area contributed by atoms with E-state index in [1.54, 1.807) is 0 Å². The van der Waals surface area contributed by atoms with Gasteiger partial charge in [-0.2, -0.15) is 0 Å². The highest BCUT2D eigenvalue weighted by atomic mass is 79.9. The summed E-state index contributed by atoms with van der Waals surface area (Å²) < 4.78 is 3.07. The van der Waals surface area contributed by atoms with Crippen LogP contribution in [0, 0.1) is 6.92 Å². The minimum atomic E-state index is -0.254. The van der Waals surface area contributed by atoms with E-state index in [2.05, 4.69) is 70.0 Å². The van der Waals surface area contributed by atoms with Gasteiger partial charge >= 0.3 is 0 Å². The summed E-state index contributed by atoms with van der Waals surface area (Å²) in [6, 6.07) is 24.3. The minimum Gasteiger partial charge on any atom is -0.342 e. The Morgan fingerprint density at radius 2 is 1.64 bits per heavy atom. The van der Waals surface area contributed by atoms with Gasteiger partial charge in [0.25, 0.3) is 11.1 Å². The Kier molecular flexibility index (Phi) is 5.96. The topological polar surface area (TPSA) is 42.3 Å². The molecule has 3 aromatic carbocycles. The van der Waals surface area contributed by atoms with Crippen molar-refractivity contribution in [3.63, 3.8) is 0 Å². The molecule has 4 nitrogen and oxygen atoms in total. The number of para-hydroxylation sites is 1. The molecular formula is C27H21BrN2O2S. The van der Waals surface area contributed by atoms with Gasteiger partial charge in [0.05, 0.1) is 11.4 Å². The lowest BCUT2D eigenvalue weighted by Gasteiger charge is -2.13. The van der Waals surface area contributed by atoms with Crippen molar-refractivity contribution in [2.45, 2.75) is 20.0 Å². The lowest BCUT2D eigenvalue weighted by atomic mass is 10.1. The van der Waals surface area contributed by atoms with Crippen LogP contribution in [0.2, 0.25) is 0 Å². The van der Waals surface area contributed by atoms with Crippen molar-refractivity contribution in [3.8, 4) is 0 Å². The number of aryl methyl sites for hydroxylation is 1. The first kappa shape index (κ1) is 21.7. The maximum atomic E-state index is 13.1. The fraction of sp³-hybridized carbons (Fsp3) is 0.111. The van der Waals surface area contributed by atoms with Crippen molar-refractivity contribution < 1.29 is 9.59 Å². The van der Waals surface area contributed by atoms with Crippen molar-refractivity contribution in [1.82, 2.24) is 9.47 Å². The summed E-state index contributed by atoms with van der Waals surface area (Å²) in [5, 5.41) is 0.813. The van der Waals surface area contributed by atoms with Gasteiger partial charge in [-0.05, 0) is 48.0 Å². The zero-order chi connectivity index (χ0) is 22.9. The molecule has 1 aliphatic rings. The van der Waals surface area contributed by atoms with Crippen molar-refractivity contribution >= 4 is 55.8 Å². The first-order chi connectivity index (χ1) is 16.0. The van der Waals surface area contributed by atoms with Gasteiger partial charge in [0.15, 0.2) is 0 Å². The Balaban J connectivity index is 1.46. The molecule has 2 amide bonds. The molecule has 0 bridgehead atoms. The summed E-state index contributed by atoms with van der Waals surface area (Å²) in [5.41, 5.74) is 5.37. The van der Waals surface area contributed by atoms with Crippen LogP contribution < -0.4 is 0 Å². The standard InChI is InChI=1S/C27H21BrN2O2S/c1-18-10-12-19(13-11-18)15-29-16-21(22-7-3-5-9-24(22)29)14-25-26(31)30(27(32)33-25)17-20-6-2-4-8-23(20)28/h2-14,16H,15,17H2,1H3/b25-14-. The zero-order valence-corrected chi connectivity index (χ0v) is 20.4. The molecule has 1 aliphatic heterocycles. The van der Waals surface area contributed by atoms with Gasteiger partial charge in [-0.25, -0.2) is 0 Å². The average molecular weight is 517 g/mol. The fourth-order valence-electron chi connectivity index (χ4n) is 3.99. The van der Waals surface area contributed by atoms with Crippen LogP contribution in [0.25, 0.3) is 17.0 Å². The molecular weight excluding hydrogens is 496 g/mol. The number of rotatable bonds is 5. The number of halogens is 1. The molecule has 2 heterocycles. The molecule has 1 fully saturated rings. The molecule has 0 radical (unpaired) electrons. The summed E-state index contributed by atoms with van der Waals surface area (Å²) in [6.07, 6.45) is 3.91. The lowest BCUT2D eigenvalue weighted by Crippen LogP contribution is -2.27. The highest BCUT2D eigenvalue weighted by Gasteiger charge is 2.35. The van der Waals surface area contributed by atoms with Gasteiger partial charge in [0.1, 0.15) is 0 Å². The number of nitrogens with zero attached hydrogens (tertiary/aromatic N) is 2. The number of imide groups is 1. The number of carbonyl (C=O) groups excluding carboxylic acids is 2. The second-order valence-electron chi connectivity index (χ2n) is 8.07. The Morgan fingerprint density at radius 3 is 2.42 bits per heavy atom. The van der Waals surface area contributed by atoms with E-state index in [9.17, 15) is 9.59 Å². The molecule has 5 rings (SSSR count). The van der Waals surface area contributed by atoms with Crippen LogP contribution in [-0.2, 0) is 17.9 Å². The van der Waals surface area contributed by atoms with Crippen molar-refractivity contribution in [2.75, 3.05) is 0 Å². The molecule has 0 aliphatic carbocycles. The third-order valence-corrected chi connectivity index (χ3v) is 7.42. The van der Waals surface area contributed by atoms with Crippen LogP contribution >= 0.6 is 27.7 Å². The van der Waals surface area contributed by atoms with Crippen LogP contribution in [-0.4, -0.2) is 20.6 Å². The first-order valence-electron chi connectivity index (χ1n) is 10.6. The largest absolute Gasteiger partial charge is 0.342 e. The van der Waals surface area contributed by atoms with E-state index in [1.807, 2.05) is 42.5 Å². The van der Waals surface area contributed by atoms with Gasteiger partial charge in [0, 0.05) is 33.7 Å². The zero-order valence-electron chi connectivity index (χ0n) is 18.0. The molecule has 0 N–H and O–H groups in total. The minimum absolute atomic E-state index is 0.245. The van der Waals surface area contributed by atoms with Crippen molar-refractivity contribution in [2.24, 2.45) is 0 Å². The van der Waals surface area contributed by atoms with E-state index >= 15 is 0 Å². The van der Waals surface area contributed by atoms with Gasteiger partial charge in [0.2, 0.25) is 0 Å². The van der Waals surface area contributed by atoms with Crippen LogP contribution in [0.15, 0.2) is 88.4 Å². The molecule has 1 saturated heterocycles. The summed E-state index contributed by atoms with van der Waals surface area (Å²) in [6.45, 7) is 3.06. The Hall–Kier alpha value is -3.09. The smallest absolute Gasteiger partial charge is 0.293 e. The molecule has 1 aromatic heterocycles. The Labute approximate surface area is 205 Å². The van der Waals surface area contributed by atoms with Crippen LogP contribution in [0.1, 0.15) is 22.3 Å². The molecule has 6 heteroatoms. The van der Waals surface area contributed by atoms with E-state index in [0.29, 0.717) is 4.91 Å². The Morgan fingerprint density at radius 1 is 0.909 bits per heavy atom. The molecule has 164 valence electrons. The predicted molar refractivity (Wildman–Crippen MR) is 138 cm³/mol. The number of thioether (sulfide) groups is 1. The summed E-state index contributed by atoms with van der Waals surface area (Å²) in [7, 11) is 0. The van der Waals surface area contributed by atoms with Crippen molar-refractivity contribution in [1.29, 1.82) is 0 Å². The second kappa shape index (κ2) is 9.04. The molecule has 0 spiro atoms. The van der Waals surface area contributed by atoms with E-state index in [0.717, 1.165) is 44.8 Å². The maximum absolute atomic E-state index is 13.1. The summed E-state index contributed by atoms with van der Waals surface area (Å²) >= 11 is 4.50. The summed E-state index contributed by atoms with van der Waals surface area (Å²) in [5.74, 6) is -0.254. The number of benzene rings is 3. The van der Waals surface area contributed by atoms with Gasteiger partial charge in [-0.1, -0.05) is 82.2 Å². The molecule has 33 heavy (non-hydrogen) atoms. The fourth-order valence-corrected chi connectivity index (χ4v) is 5.23. The number of fused-ring (bicyclic) bond motifs is 1. The molecule has 0 unspecified atom stereocenters. The third kappa shape index (κ3) is 4.41. The highest BCUT2D eigenvalue weighted by Crippen LogP contribution is 2.35. The van der Waals surface area contributed by atoms with Gasteiger partial charge in [-0.3, -0.25) is 14.5 Å². The van der Waals surface area contributed by atoms with E-state index in [-0.39, 0.29) is 17.7 Å². The third-order valence-electron chi connectivity index (χ3n) is 5.74. The number of amides is 2. The van der Waals surface area contributed by atoms with Crippen molar-refractivity contribution in [3.05, 3.63) is 111 Å². The Bertz CT molecular complexity index is 1410. The van der Waals surface area contributed by atoms with Gasteiger partial charge in [-0.15, -0.1) is 0 Å². The quantitative estimate of drug-likeness (QED) is 0.268. The SMILES string of the molecule is Cc1ccc(Cn2cc(/C=C3\SC(=O)N(Cc4ccccc4Br)C3=O)c3ccccc32)cc1. The second-order valence-corrected chi connectivity index (χ2v) is 9.92. The number of hydrogen-bond acceptors (Lipinski definition) is 3. The van der Waals surface area contributed by atoms with Gasteiger partial charge < -0.3 is 4.57 Å². The summed E-state index contributed by atoms with van der Waals surface area (Å²) in [4.78, 5) is 27.5. The maximum Gasteiger partial charge on any atom is 0.293 e. The molecule has 0 atom stereocenters. The predicted octanol–water partition coefficient (Wildman–Crippen LogP) is 7.00. The van der Waals surface area contributed by atoms with E-state index in [4.69, 9.17) is 0 Å². The van der Waals surface area contributed by atoms with Crippen LogP contribution in [0.3, 0.4) is 0 Å². The number of carbonyl (C=O) groups is 2. The number of hydrogen-bond donors (Lipinski definition) is 0. The molecule has 4 aromatic rings. The van der Waals surface area contributed by atoms with Crippen LogP contribution in [0.5, 0.6) is 0 Å². The van der Waals surface area contributed by atoms with E-state index in [1.165, 1.54) is 16.0 Å². The molecule has 0 saturated carbocycles. The first-order valence-corrected chi connectivity index (χ1v) is 12.2.